The summed E-state index contributed by atoms with van der Waals surface area (Å²) < 4.78 is 27.3. The molecule has 4 nitrogen and oxygen atoms in total. The van der Waals surface area contributed by atoms with Gasteiger partial charge in [-0.05, 0) is 42.9 Å². The van der Waals surface area contributed by atoms with E-state index in [2.05, 4.69) is 36.2 Å². The van der Waals surface area contributed by atoms with E-state index < -0.39 is 18.0 Å². The topological polar surface area (TPSA) is 46.9 Å². The van der Waals surface area contributed by atoms with E-state index in [1.807, 2.05) is 26.0 Å². The number of alkyl halides is 2. The van der Waals surface area contributed by atoms with Gasteiger partial charge in [-0.15, -0.1) is 13.2 Å². The number of carbonyl (C=O) groups is 1. The van der Waals surface area contributed by atoms with Crippen molar-refractivity contribution in [2.75, 3.05) is 5.32 Å². The summed E-state index contributed by atoms with van der Waals surface area (Å²) in [6.07, 6.45) is 2.67. The Morgan fingerprint density at radius 1 is 1.20 bits per heavy atom. The molecule has 1 aromatic heterocycles. The number of halogens is 4. The average molecular weight is 460 g/mol. The number of carbonyl (C=O) groups excluding carboxylic acids is 1. The second kappa shape index (κ2) is 14.7. The maximum Gasteiger partial charge on any atom is 0.282 e. The van der Waals surface area contributed by atoms with Crippen LogP contribution in [0.25, 0.3) is 0 Å². The number of hydrogen-bond acceptors (Lipinski definition) is 2. The minimum Gasteiger partial charge on any atom is -0.322 e. The van der Waals surface area contributed by atoms with Crippen LogP contribution in [0.1, 0.15) is 60.3 Å². The number of aryl methyl sites for hydroxylation is 2. The molecule has 1 aliphatic carbocycles. The van der Waals surface area contributed by atoms with Gasteiger partial charge in [0.1, 0.15) is 5.69 Å². The van der Waals surface area contributed by atoms with Crippen molar-refractivity contribution in [1.29, 1.82) is 0 Å². The fourth-order valence-corrected chi connectivity index (χ4v) is 2.93. The zero-order valence-corrected chi connectivity index (χ0v) is 19.2. The van der Waals surface area contributed by atoms with Crippen molar-refractivity contribution in [3.8, 4) is 0 Å². The first-order valence-electron chi connectivity index (χ1n) is 9.53. The lowest BCUT2D eigenvalue weighted by atomic mass is 9.90. The zero-order chi connectivity index (χ0) is 23.3. The van der Waals surface area contributed by atoms with E-state index in [4.69, 9.17) is 23.2 Å². The predicted octanol–water partition coefficient (Wildman–Crippen LogP) is 7.25. The summed E-state index contributed by atoms with van der Waals surface area (Å²) in [6.45, 7) is 13.1. The summed E-state index contributed by atoms with van der Waals surface area (Å²) in [5.41, 5.74) is 2.50. The molecule has 8 heteroatoms. The standard InChI is InChI=1S/C16H17F2N3O.C2H2Cl2.C2H6.C2H4/c1-21-9-12(14(20-21)15(17)18)16(22)19-13-8-4-6-10-5-2-3-7-11(10)13;1-2(3)4;2*1-2/h4,6,8-9,15H,2-3,5,7H2,1H3,(H,19,22);1H2;1-2H3;1-2H2. The summed E-state index contributed by atoms with van der Waals surface area (Å²) in [4.78, 5) is 12.3. The molecule has 166 valence electrons. The zero-order valence-electron chi connectivity index (χ0n) is 17.7. The molecule has 0 spiro atoms. The fraction of sp³-hybridized carbons (Fsp3) is 0.364. The van der Waals surface area contributed by atoms with Gasteiger partial charge in [0.25, 0.3) is 12.3 Å². The Morgan fingerprint density at radius 3 is 2.33 bits per heavy atom. The smallest absolute Gasteiger partial charge is 0.282 e. The molecule has 0 atom stereocenters. The minimum absolute atomic E-state index is 0.0779. The van der Waals surface area contributed by atoms with Crippen molar-refractivity contribution in [1.82, 2.24) is 9.78 Å². The number of fused-ring (bicyclic) bond motifs is 1. The van der Waals surface area contributed by atoms with E-state index in [-0.39, 0.29) is 10.1 Å². The molecule has 1 heterocycles. The van der Waals surface area contributed by atoms with Crippen molar-refractivity contribution in [2.24, 2.45) is 7.05 Å². The number of rotatable bonds is 3. The lowest BCUT2D eigenvalue weighted by molar-refractivity contribution is 0.101. The van der Waals surface area contributed by atoms with Crippen LogP contribution in [0.5, 0.6) is 0 Å². The van der Waals surface area contributed by atoms with E-state index in [1.54, 1.807) is 0 Å². The summed E-state index contributed by atoms with van der Waals surface area (Å²) in [5.74, 6) is -0.539. The van der Waals surface area contributed by atoms with Gasteiger partial charge in [-0.25, -0.2) is 8.78 Å². The summed E-state index contributed by atoms with van der Waals surface area (Å²) in [6, 6.07) is 5.76. The molecule has 0 fully saturated rings. The van der Waals surface area contributed by atoms with Crippen molar-refractivity contribution >= 4 is 34.8 Å². The highest BCUT2D eigenvalue weighted by Crippen LogP contribution is 2.29. The number of aromatic nitrogens is 2. The molecule has 0 bridgehead atoms. The molecule has 0 saturated heterocycles. The second-order valence-corrected chi connectivity index (χ2v) is 6.95. The normalized spacial score (nSPS) is 11.5. The van der Waals surface area contributed by atoms with E-state index in [0.29, 0.717) is 5.69 Å². The number of nitrogens with zero attached hydrogens (tertiary/aromatic N) is 2. The number of nitrogens with one attached hydrogen (secondary N) is 1. The molecule has 0 saturated carbocycles. The maximum absolute atomic E-state index is 13.0. The number of anilines is 1. The minimum atomic E-state index is -2.77. The summed E-state index contributed by atoms with van der Waals surface area (Å²) in [7, 11) is 1.52. The molecule has 2 aromatic rings. The van der Waals surface area contributed by atoms with Gasteiger partial charge in [-0.1, -0.05) is 55.8 Å². The first kappa shape index (κ1) is 27.8. The van der Waals surface area contributed by atoms with Crippen molar-refractivity contribution < 1.29 is 13.6 Å². The summed E-state index contributed by atoms with van der Waals surface area (Å²) >= 11 is 9.69. The molecular formula is C22H29Cl2F2N3O. The molecule has 1 aliphatic rings. The Bertz CT molecular complexity index is 819. The van der Waals surface area contributed by atoms with Gasteiger partial charge in [-0.2, -0.15) is 5.10 Å². The van der Waals surface area contributed by atoms with Gasteiger partial charge in [0.2, 0.25) is 0 Å². The molecule has 1 amide bonds. The van der Waals surface area contributed by atoms with Gasteiger partial charge in [-0.3, -0.25) is 9.48 Å². The third-order valence-electron chi connectivity index (χ3n) is 3.95. The number of hydrogen-bond donors (Lipinski definition) is 1. The molecular weight excluding hydrogens is 431 g/mol. The largest absolute Gasteiger partial charge is 0.322 e. The van der Waals surface area contributed by atoms with Crippen LogP contribution in [0.2, 0.25) is 0 Å². The van der Waals surface area contributed by atoms with Gasteiger partial charge >= 0.3 is 0 Å². The van der Waals surface area contributed by atoms with Crippen LogP contribution >= 0.6 is 23.2 Å². The SMILES string of the molecule is C=C.C=C(Cl)Cl.CC.Cn1cc(C(=O)Nc2cccc3c2CCCC3)c(C(F)F)n1. The van der Waals surface area contributed by atoms with Crippen LogP contribution in [0.15, 0.2) is 48.6 Å². The second-order valence-electron chi connectivity index (χ2n) is 5.85. The highest BCUT2D eigenvalue weighted by Gasteiger charge is 2.23. The molecule has 30 heavy (non-hydrogen) atoms. The third-order valence-corrected chi connectivity index (χ3v) is 3.95. The summed E-state index contributed by atoms with van der Waals surface area (Å²) in [5, 5.41) is 6.44. The highest BCUT2D eigenvalue weighted by atomic mass is 35.5. The van der Waals surface area contributed by atoms with Crippen molar-refractivity contribution in [2.45, 2.75) is 46.0 Å². The average Bonchev–Trinajstić information content (AvgIpc) is 3.13. The van der Waals surface area contributed by atoms with Crippen LogP contribution in [0, 0.1) is 0 Å². The lowest BCUT2D eigenvalue weighted by Gasteiger charge is -2.19. The highest BCUT2D eigenvalue weighted by molar-refractivity contribution is 6.55. The van der Waals surface area contributed by atoms with Crippen LogP contribution in [-0.2, 0) is 19.9 Å². The van der Waals surface area contributed by atoms with E-state index in [9.17, 15) is 13.6 Å². The van der Waals surface area contributed by atoms with Crippen LogP contribution < -0.4 is 5.32 Å². The Kier molecular flexibility index (Phi) is 13.7. The Balaban J connectivity index is 0.000000924. The maximum atomic E-state index is 13.0. The Labute approximate surface area is 187 Å². The molecule has 1 N–H and O–H groups in total. The van der Waals surface area contributed by atoms with E-state index in [1.165, 1.54) is 23.5 Å². The van der Waals surface area contributed by atoms with Gasteiger partial charge in [0.05, 0.1) is 10.1 Å². The number of amides is 1. The van der Waals surface area contributed by atoms with Crippen LogP contribution in [-0.4, -0.2) is 15.7 Å². The van der Waals surface area contributed by atoms with Gasteiger partial charge in [0, 0.05) is 18.9 Å². The Hall–Kier alpha value is -2.18. The van der Waals surface area contributed by atoms with Crippen LogP contribution in [0.4, 0.5) is 14.5 Å². The molecule has 0 radical (unpaired) electrons. The Morgan fingerprint density at radius 2 is 1.77 bits per heavy atom. The first-order chi connectivity index (χ1) is 14.3. The molecule has 0 unspecified atom stereocenters. The van der Waals surface area contributed by atoms with Crippen LogP contribution in [0.3, 0.4) is 0 Å². The first-order valence-corrected chi connectivity index (χ1v) is 10.3. The number of benzene rings is 1. The van der Waals surface area contributed by atoms with Gasteiger partial charge < -0.3 is 5.32 Å². The predicted molar refractivity (Wildman–Crippen MR) is 123 cm³/mol. The van der Waals surface area contributed by atoms with Gasteiger partial charge in [0.15, 0.2) is 0 Å². The quantitative estimate of drug-likeness (QED) is 0.491. The van der Waals surface area contributed by atoms with E-state index >= 15 is 0 Å². The van der Waals surface area contributed by atoms with Crippen molar-refractivity contribution in [3.63, 3.8) is 0 Å². The monoisotopic (exact) mass is 459 g/mol. The van der Waals surface area contributed by atoms with Crippen molar-refractivity contribution in [3.05, 3.63) is 71.0 Å². The fourth-order valence-electron chi connectivity index (χ4n) is 2.93. The molecule has 3 rings (SSSR count). The molecule has 1 aromatic carbocycles. The third kappa shape index (κ3) is 8.67. The molecule has 0 aliphatic heterocycles. The lowest BCUT2D eigenvalue weighted by Crippen LogP contribution is -2.16. The van der Waals surface area contributed by atoms with E-state index in [0.717, 1.165) is 31.2 Å².